The Balaban J connectivity index is 1.91. The third kappa shape index (κ3) is 2.80. The second-order valence-corrected chi connectivity index (χ2v) is 5.53. The van der Waals surface area contributed by atoms with Crippen molar-refractivity contribution in [1.82, 2.24) is 4.90 Å². The van der Waals surface area contributed by atoms with Crippen molar-refractivity contribution >= 4 is 0 Å². The fourth-order valence-corrected chi connectivity index (χ4v) is 3.11. The molecule has 0 saturated heterocycles. The average Bonchev–Trinajstić information content (AvgIpc) is 2.54. The molecule has 116 valence electrons. The van der Waals surface area contributed by atoms with Crippen LogP contribution in [0.2, 0.25) is 0 Å². The normalized spacial score (nSPS) is 17.9. The molecule has 4 nitrogen and oxygen atoms in total. The lowest BCUT2D eigenvalue weighted by Gasteiger charge is -2.34. The number of fused-ring (bicyclic) bond motifs is 1. The van der Waals surface area contributed by atoms with Crippen LogP contribution in [0.3, 0.4) is 0 Å². The van der Waals surface area contributed by atoms with Gasteiger partial charge in [0.15, 0.2) is 0 Å². The van der Waals surface area contributed by atoms with Gasteiger partial charge in [0.2, 0.25) is 0 Å². The molecule has 0 aliphatic carbocycles. The molecule has 0 amide bonds. The molecule has 1 aliphatic rings. The molecule has 1 N–H and O–H groups in total. The topological polar surface area (TPSA) is 41.9 Å². The summed E-state index contributed by atoms with van der Waals surface area (Å²) in [7, 11) is 3.29. The van der Waals surface area contributed by atoms with Gasteiger partial charge in [0.25, 0.3) is 0 Å². The lowest BCUT2D eigenvalue weighted by atomic mass is 9.95. The predicted molar refractivity (Wildman–Crippen MR) is 85.1 cm³/mol. The van der Waals surface area contributed by atoms with Gasteiger partial charge in [-0.2, -0.15) is 0 Å². The monoisotopic (exact) mass is 299 g/mol. The number of benzene rings is 2. The van der Waals surface area contributed by atoms with Crippen LogP contribution < -0.4 is 9.47 Å². The molecule has 1 atom stereocenters. The van der Waals surface area contributed by atoms with E-state index in [2.05, 4.69) is 17.0 Å². The number of hydrogen-bond donors (Lipinski definition) is 1. The van der Waals surface area contributed by atoms with Gasteiger partial charge in [-0.3, -0.25) is 4.90 Å². The average molecular weight is 299 g/mol. The van der Waals surface area contributed by atoms with Gasteiger partial charge >= 0.3 is 0 Å². The highest BCUT2D eigenvalue weighted by Gasteiger charge is 2.29. The van der Waals surface area contributed by atoms with Crippen LogP contribution in [-0.2, 0) is 13.1 Å². The number of methoxy groups -OCH3 is 2. The first kappa shape index (κ1) is 14.9. The molecule has 0 spiro atoms. The summed E-state index contributed by atoms with van der Waals surface area (Å²) in [5, 5.41) is 10.6. The van der Waals surface area contributed by atoms with E-state index in [0.29, 0.717) is 6.54 Å². The van der Waals surface area contributed by atoms with E-state index in [4.69, 9.17) is 9.47 Å². The molecule has 2 aromatic carbocycles. The summed E-state index contributed by atoms with van der Waals surface area (Å²) >= 11 is 0. The minimum absolute atomic E-state index is 0.572. The third-order valence-corrected chi connectivity index (χ3v) is 4.11. The van der Waals surface area contributed by atoms with Crippen molar-refractivity contribution in [2.75, 3.05) is 20.8 Å². The lowest BCUT2D eigenvalue weighted by molar-refractivity contribution is 0.0843. The van der Waals surface area contributed by atoms with E-state index in [-0.39, 0.29) is 0 Å². The van der Waals surface area contributed by atoms with Crippen molar-refractivity contribution in [3.63, 3.8) is 0 Å². The Bertz CT molecular complexity index is 642. The van der Waals surface area contributed by atoms with Crippen LogP contribution >= 0.6 is 0 Å². The lowest BCUT2D eigenvalue weighted by Crippen LogP contribution is -2.33. The van der Waals surface area contributed by atoms with Crippen molar-refractivity contribution in [2.24, 2.45) is 0 Å². The standard InChI is InChI=1S/C18H21NO3/c1-21-16-8-9-17(22-2)18-14(16)11-19(12-15(18)20)10-13-6-4-3-5-7-13/h3-9,15,20H,10-12H2,1-2H3/t15-/m0/s1. The minimum atomic E-state index is -0.572. The molecule has 1 aliphatic heterocycles. The van der Waals surface area contributed by atoms with Gasteiger partial charge in [-0.25, -0.2) is 0 Å². The zero-order valence-electron chi connectivity index (χ0n) is 13.0. The molecule has 0 saturated carbocycles. The van der Waals surface area contributed by atoms with Gasteiger partial charge in [-0.05, 0) is 17.7 Å². The van der Waals surface area contributed by atoms with E-state index in [9.17, 15) is 5.11 Å². The minimum Gasteiger partial charge on any atom is -0.496 e. The molecular formula is C18H21NO3. The van der Waals surface area contributed by atoms with Gasteiger partial charge in [0, 0.05) is 30.8 Å². The van der Waals surface area contributed by atoms with E-state index < -0.39 is 6.10 Å². The Kier molecular flexibility index (Phi) is 4.32. The maximum atomic E-state index is 10.6. The molecule has 0 aromatic heterocycles. The van der Waals surface area contributed by atoms with Crippen LogP contribution in [-0.4, -0.2) is 30.8 Å². The Morgan fingerprint density at radius 1 is 1.05 bits per heavy atom. The molecule has 2 aromatic rings. The molecule has 0 bridgehead atoms. The fraction of sp³-hybridized carbons (Fsp3) is 0.333. The SMILES string of the molecule is COc1ccc(OC)c2c1CN(Cc1ccccc1)C[C@@H]2O. The van der Waals surface area contributed by atoms with E-state index in [1.165, 1.54) is 5.56 Å². The number of ether oxygens (including phenoxy) is 2. The summed E-state index contributed by atoms with van der Waals surface area (Å²) in [4.78, 5) is 2.23. The highest BCUT2D eigenvalue weighted by atomic mass is 16.5. The van der Waals surface area contributed by atoms with Crippen molar-refractivity contribution < 1.29 is 14.6 Å². The quantitative estimate of drug-likeness (QED) is 0.942. The van der Waals surface area contributed by atoms with E-state index in [1.54, 1.807) is 14.2 Å². The van der Waals surface area contributed by atoms with E-state index in [1.807, 2.05) is 30.3 Å². The first-order valence-corrected chi connectivity index (χ1v) is 7.41. The predicted octanol–water partition coefficient (Wildman–Crippen LogP) is 2.75. The molecule has 3 rings (SSSR count). The van der Waals surface area contributed by atoms with Gasteiger partial charge < -0.3 is 14.6 Å². The first-order valence-electron chi connectivity index (χ1n) is 7.41. The largest absolute Gasteiger partial charge is 0.496 e. The molecule has 0 radical (unpaired) electrons. The van der Waals surface area contributed by atoms with Crippen LogP contribution in [0.1, 0.15) is 22.8 Å². The van der Waals surface area contributed by atoms with Crippen LogP contribution in [0.4, 0.5) is 0 Å². The number of aliphatic hydroxyl groups excluding tert-OH is 1. The number of β-amino-alcohol motifs (C(OH)–C–C–N with tert-alkyl or cyclic N) is 1. The zero-order chi connectivity index (χ0) is 15.5. The van der Waals surface area contributed by atoms with Crippen molar-refractivity contribution in [1.29, 1.82) is 0 Å². The molecule has 1 heterocycles. The summed E-state index contributed by atoms with van der Waals surface area (Å²) < 4.78 is 10.9. The van der Waals surface area contributed by atoms with Crippen molar-refractivity contribution in [3.8, 4) is 11.5 Å². The highest BCUT2D eigenvalue weighted by molar-refractivity contribution is 5.51. The van der Waals surface area contributed by atoms with Gasteiger partial charge in [-0.15, -0.1) is 0 Å². The number of aliphatic hydroxyl groups is 1. The van der Waals surface area contributed by atoms with Crippen LogP contribution in [0.5, 0.6) is 11.5 Å². The molecule has 0 unspecified atom stereocenters. The van der Waals surface area contributed by atoms with Crippen molar-refractivity contribution in [3.05, 3.63) is 59.2 Å². The maximum Gasteiger partial charge on any atom is 0.125 e. The van der Waals surface area contributed by atoms with Crippen LogP contribution in [0, 0.1) is 0 Å². The van der Waals surface area contributed by atoms with Gasteiger partial charge in [0.05, 0.1) is 20.3 Å². The Hall–Kier alpha value is -2.04. The zero-order valence-corrected chi connectivity index (χ0v) is 13.0. The number of nitrogens with zero attached hydrogens (tertiary/aromatic N) is 1. The van der Waals surface area contributed by atoms with Crippen LogP contribution in [0.15, 0.2) is 42.5 Å². The summed E-state index contributed by atoms with van der Waals surface area (Å²) in [5.74, 6) is 1.52. The number of rotatable bonds is 4. The Morgan fingerprint density at radius 3 is 2.41 bits per heavy atom. The van der Waals surface area contributed by atoms with E-state index in [0.717, 1.165) is 35.7 Å². The number of hydrogen-bond acceptors (Lipinski definition) is 4. The summed E-state index contributed by atoms with van der Waals surface area (Å²) in [6, 6.07) is 14.0. The highest BCUT2D eigenvalue weighted by Crippen LogP contribution is 2.39. The Labute approximate surface area is 130 Å². The molecule has 22 heavy (non-hydrogen) atoms. The van der Waals surface area contributed by atoms with Gasteiger partial charge in [-0.1, -0.05) is 30.3 Å². The smallest absolute Gasteiger partial charge is 0.125 e. The second kappa shape index (κ2) is 6.38. The Morgan fingerprint density at radius 2 is 1.73 bits per heavy atom. The third-order valence-electron chi connectivity index (χ3n) is 4.11. The molecule has 0 fully saturated rings. The van der Waals surface area contributed by atoms with E-state index >= 15 is 0 Å². The molecular weight excluding hydrogens is 278 g/mol. The summed E-state index contributed by atoms with van der Waals surface area (Å²) in [5.41, 5.74) is 3.10. The van der Waals surface area contributed by atoms with Crippen molar-refractivity contribution in [2.45, 2.75) is 19.2 Å². The first-order chi connectivity index (χ1) is 10.7. The second-order valence-electron chi connectivity index (χ2n) is 5.53. The molecule has 4 heteroatoms. The maximum absolute atomic E-state index is 10.6. The fourth-order valence-electron chi connectivity index (χ4n) is 3.11. The van der Waals surface area contributed by atoms with Gasteiger partial charge in [0.1, 0.15) is 11.5 Å². The summed E-state index contributed by atoms with van der Waals surface area (Å²) in [6.07, 6.45) is -0.572. The van der Waals surface area contributed by atoms with Crippen LogP contribution in [0.25, 0.3) is 0 Å². The summed E-state index contributed by atoms with van der Waals surface area (Å²) in [6.45, 7) is 2.13.